The van der Waals surface area contributed by atoms with Crippen LogP contribution in [-0.4, -0.2) is 17.4 Å². The Kier molecular flexibility index (Phi) is 5.16. The predicted octanol–water partition coefficient (Wildman–Crippen LogP) is 6.26. The molecule has 0 radical (unpaired) electrons. The van der Waals surface area contributed by atoms with E-state index in [1.54, 1.807) is 12.1 Å². The summed E-state index contributed by atoms with van der Waals surface area (Å²) < 4.78 is 5.68. The van der Waals surface area contributed by atoms with Crippen LogP contribution in [0.1, 0.15) is 24.2 Å². The average molecular weight is 374 g/mol. The van der Waals surface area contributed by atoms with E-state index in [0.29, 0.717) is 28.1 Å². The lowest BCUT2D eigenvalue weighted by atomic mass is 9.96. The largest absolute Gasteiger partial charge is 0.479 e. The molecule has 0 fully saturated rings. The van der Waals surface area contributed by atoms with Crippen molar-refractivity contribution in [2.75, 3.05) is 6.61 Å². The SMILES string of the molecule is CCOc1[nH]c(-c2ccc(Cl)cc2)c(-c2ccc(Cl)cc2)c1C(C)=O. The molecule has 128 valence electrons. The molecule has 0 spiro atoms. The number of ketones is 1. The smallest absolute Gasteiger partial charge is 0.203 e. The number of Topliss-reactive ketones (excluding diaryl/α,β-unsaturated/α-hetero) is 1. The van der Waals surface area contributed by atoms with E-state index >= 15 is 0 Å². The van der Waals surface area contributed by atoms with Gasteiger partial charge in [0, 0.05) is 15.6 Å². The molecule has 0 amide bonds. The van der Waals surface area contributed by atoms with Gasteiger partial charge in [0.05, 0.1) is 17.9 Å². The molecule has 25 heavy (non-hydrogen) atoms. The van der Waals surface area contributed by atoms with Gasteiger partial charge < -0.3 is 9.72 Å². The number of rotatable bonds is 5. The van der Waals surface area contributed by atoms with Crippen LogP contribution in [0.4, 0.5) is 0 Å². The number of carbonyl (C=O) groups is 1. The lowest BCUT2D eigenvalue weighted by Gasteiger charge is -2.07. The Bertz CT molecular complexity index is 897. The number of aromatic amines is 1. The monoisotopic (exact) mass is 373 g/mol. The summed E-state index contributed by atoms with van der Waals surface area (Å²) in [4.78, 5) is 15.6. The van der Waals surface area contributed by atoms with Gasteiger partial charge in [0.15, 0.2) is 5.78 Å². The molecule has 0 unspecified atom stereocenters. The van der Waals surface area contributed by atoms with Crippen LogP contribution < -0.4 is 4.74 Å². The van der Waals surface area contributed by atoms with E-state index in [4.69, 9.17) is 27.9 Å². The summed E-state index contributed by atoms with van der Waals surface area (Å²) in [5, 5.41) is 1.29. The molecule has 0 saturated heterocycles. The van der Waals surface area contributed by atoms with Gasteiger partial charge in [-0.05, 0) is 49.2 Å². The summed E-state index contributed by atoms with van der Waals surface area (Å²) in [7, 11) is 0. The zero-order valence-electron chi connectivity index (χ0n) is 13.9. The van der Waals surface area contributed by atoms with Gasteiger partial charge in [0.2, 0.25) is 5.88 Å². The molecule has 0 aliphatic heterocycles. The number of ether oxygens (including phenoxy) is 1. The van der Waals surface area contributed by atoms with Crippen molar-refractivity contribution < 1.29 is 9.53 Å². The Morgan fingerprint density at radius 1 is 0.960 bits per heavy atom. The molecule has 2 aromatic carbocycles. The van der Waals surface area contributed by atoms with Crippen LogP contribution in [0, 0.1) is 0 Å². The summed E-state index contributed by atoms with van der Waals surface area (Å²) in [5.41, 5.74) is 3.96. The minimum atomic E-state index is -0.0649. The highest BCUT2D eigenvalue weighted by atomic mass is 35.5. The van der Waals surface area contributed by atoms with Gasteiger partial charge >= 0.3 is 0 Å². The number of carbonyl (C=O) groups excluding carboxylic acids is 1. The summed E-state index contributed by atoms with van der Waals surface area (Å²) in [5.74, 6) is 0.412. The van der Waals surface area contributed by atoms with Crippen molar-refractivity contribution in [1.82, 2.24) is 4.98 Å². The Morgan fingerprint density at radius 3 is 1.96 bits per heavy atom. The summed E-state index contributed by atoms with van der Waals surface area (Å²) in [6.07, 6.45) is 0. The highest BCUT2D eigenvalue weighted by Gasteiger charge is 2.24. The number of hydrogen-bond acceptors (Lipinski definition) is 2. The maximum absolute atomic E-state index is 12.4. The van der Waals surface area contributed by atoms with E-state index in [2.05, 4.69) is 4.98 Å². The van der Waals surface area contributed by atoms with E-state index in [-0.39, 0.29) is 5.78 Å². The number of H-pyrrole nitrogens is 1. The number of halogens is 2. The van der Waals surface area contributed by atoms with Crippen LogP contribution >= 0.6 is 23.2 Å². The van der Waals surface area contributed by atoms with Gasteiger partial charge in [0.25, 0.3) is 0 Å². The predicted molar refractivity (Wildman–Crippen MR) is 103 cm³/mol. The van der Waals surface area contributed by atoms with E-state index in [1.807, 2.05) is 43.3 Å². The number of benzene rings is 2. The van der Waals surface area contributed by atoms with Gasteiger partial charge in [-0.3, -0.25) is 4.79 Å². The molecule has 5 heteroatoms. The van der Waals surface area contributed by atoms with Gasteiger partial charge in [-0.15, -0.1) is 0 Å². The average Bonchev–Trinajstić information content (AvgIpc) is 2.96. The third kappa shape index (κ3) is 3.58. The van der Waals surface area contributed by atoms with Crippen LogP contribution in [-0.2, 0) is 0 Å². The third-order valence-electron chi connectivity index (χ3n) is 3.87. The lowest BCUT2D eigenvalue weighted by Crippen LogP contribution is -2.00. The molecule has 0 aliphatic rings. The normalized spacial score (nSPS) is 10.7. The molecule has 3 nitrogen and oxygen atoms in total. The first kappa shape index (κ1) is 17.6. The van der Waals surface area contributed by atoms with Gasteiger partial charge in [-0.2, -0.15) is 0 Å². The van der Waals surface area contributed by atoms with Crippen molar-refractivity contribution in [3.63, 3.8) is 0 Å². The summed E-state index contributed by atoms with van der Waals surface area (Å²) >= 11 is 12.0. The zero-order chi connectivity index (χ0) is 18.0. The Balaban J connectivity index is 2.29. The summed E-state index contributed by atoms with van der Waals surface area (Å²) in [6, 6.07) is 14.9. The second kappa shape index (κ2) is 7.34. The van der Waals surface area contributed by atoms with Crippen molar-refractivity contribution in [2.24, 2.45) is 0 Å². The highest BCUT2D eigenvalue weighted by molar-refractivity contribution is 6.31. The first-order valence-corrected chi connectivity index (χ1v) is 8.68. The fourth-order valence-corrected chi connectivity index (χ4v) is 3.06. The van der Waals surface area contributed by atoms with E-state index < -0.39 is 0 Å². The van der Waals surface area contributed by atoms with Crippen LogP contribution in [0.2, 0.25) is 10.0 Å². The second-order valence-electron chi connectivity index (χ2n) is 5.58. The van der Waals surface area contributed by atoms with Crippen molar-refractivity contribution >= 4 is 29.0 Å². The first-order chi connectivity index (χ1) is 12.0. The molecule has 1 aromatic heterocycles. The number of nitrogens with one attached hydrogen (secondary N) is 1. The number of aromatic nitrogens is 1. The zero-order valence-corrected chi connectivity index (χ0v) is 15.4. The van der Waals surface area contributed by atoms with Crippen LogP contribution in [0.5, 0.6) is 5.88 Å². The molecule has 0 aliphatic carbocycles. The molecule has 0 atom stereocenters. The van der Waals surface area contributed by atoms with E-state index in [0.717, 1.165) is 22.4 Å². The van der Waals surface area contributed by atoms with E-state index in [9.17, 15) is 4.79 Å². The van der Waals surface area contributed by atoms with Crippen LogP contribution in [0.15, 0.2) is 48.5 Å². The van der Waals surface area contributed by atoms with Crippen molar-refractivity contribution in [1.29, 1.82) is 0 Å². The lowest BCUT2D eigenvalue weighted by molar-refractivity contribution is 0.101. The van der Waals surface area contributed by atoms with Crippen molar-refractivity contribution in [3.05, 3.63) is 64.1 Å². The molecule has 1 N–H and O–H groups in total. The van der Waals surface area contributed by atoms with Gasteiger partial charge in [-0.25, -0.2) is 0 Å². The quantitative estimate of drug-likeness (QED) is 0.536. The molecule has 3 aromatic rings. The second-order valence-corrected chi connectivity index (χ2v) is 6.45. The Morgan fingerprint density at radius 2 is 1.48 bits per heavy atom. The van der Waals surface area contributed by atoms with Gasteiger partial charge in [-0.1, -0.05) is 47.5 Å². The molecule has 0 saturated carbocycles. The molecule has 3 rings (SSSR count). The van der Waals surface area contributed by atoms with Crippen LogP contribution in [0.3, 0.4) is 0 Å². The third-order valence-corrected chi connectivity index (χ3v) is 4.38. The molecule has 1 heterocycles. The first-order valence-electron chi connectivity index (χ1n) is 7.92. The fourth-order valence-electron chi connectivity index (χ4n) is 2.80. The Hall–Kier alpha value is -2.23. The molecular weight excluding hydrogens is 357 g/mol. The van der Waals surface area contributed by atoms with Crippen LogP contribution in [0.25, 0.3) is 22.4 Å². The summed E-state index contributed by atoms with van der Waals surface area (Å²) in [6.45, 7) is 3.88. The standard InChI is InChI=1S/C20H17Cl2NO2/c1-3-25-20-17(12(2)24)18(13-4-8-15(21)9-5-13)19(23-20)14-6-10-16(22)11-7-14/h4-11,23H,3H2,1-2H3. The molecule has 0 bridgehead atoms. The topological polar surface area (TPSA) is 42.1 Å². The Labute approximate surface area is 156 Å². The minimum Gasteiger partial charge on any atom is -0.479 e. The maximum atomic E-state index is 12.4. The fraction of sp³-hybridized carbons (Fsp3) is 0.150. The molecular formula is C20H17Cl2NO2. The minimum absolute atomic E-state index is 0.0649. The number of hydrogen-bond donors (Lipinski definition) is 1. The van der Waals surface area contributed by atoms with Crippen molar-refractivity contribution in [3.8, 4) is 28.3 Å². The maximum Gasteiger partial charge on any atom is 0.203 e. The van der Waals surface area contributed by atoms with E-state index in [1.165, 1.54) is 6.92 Å². The van der Waals surface area contributed by atoms with Gasteiger partial charge in [0.1, 0.15) is 0 Å². The highest BCUT2D eigenvalue weighted by Crippen LogP contribution is 2.40. The van der Waals surface area contributed by atoms with Crippen molar-refractivity contribution in [2.45, 2.75) is 13.8 Å².